The fourth-order valence-corrected chi connectivity index (χ4v) is 3.31. The monoisotopic (exact) mass is 351 g/mol. The van der Waals surface area contributed by atoms with Crippen LogP contribution in [0.4, 0.5) is 5.69 Å². The van der Waals surface area contributed by atoms with Crippen LogP contribution >= 0.6 is 0 Å². The Hall–Kier alpha value is -2.14. The second-order valence-corrected chi connectivity index (χ2v) is 7.75. The van der Waals surface area contributed by atoms with Crippen molar-refractivity contribution in [1.82, 2.24) is 0 Å². The van der Waals surface area contributed by atoms with Crippen LogP contribution in [0.15, 0.2) is 54.6 Å². The van der Waals surface area contributed by atoms with E-state index in [1.165, 1.54) is 10.8 Å². The molecule has 0 bridgehead atoms. The van der Waals surface area contributed by atoms with Crippen LogP contribution in [-0.4, -0.2) is 18.1 Å². The van der Waals surface area contributed by atoms with Gasteiger partial charge in [0.15, 0.2) is 12.5 Å². The van der Waals surface area contributed by atoms with E-state index in [2.05, 4.69) is 73.8 Å². The molecule has 0 radical (unpaired) electrons. The van der Waals surface area contributed by atoms with Crippen LogP contribution < -0.4 is 5.32 Å². The van der Waals surface area contributed by atoms with Crippen molar-refractivity contribution in [2.45, 2.75) is 45.8 Å². The van der Waals surface area contributed by atoms with Gasteiger partial charge >= 0.3 is 0 Å². The topological polar surface area (TPSA) is 39.7 Å². The van der Waals surface area contributed by atoms with Gasteiger partial charge in [-0.1, -0.05) is 62.4 Å². The molecule has 4 rings (SSSR count). The van der Waals surface area contributed by atoms with Gasteiger partial charge in [0.1, 0.15) is 5.60 Å². The molecule has 0 aliphatic carbocycles. The fraction of sp³-hybridized carbons (Fsp3) is 0.364. The molecule has 1 fully saturated rings. The number of nitrogens with one attached hydrogen (secondary N) is 1. The Morgan fingerprint density at radius 2 is 1.50 bits per heavy atom. The van der Waals surface area contributed by atoms with E-state index < -0.39 is 11.9 Å². The number of rotatable bonds is 3. The Kier molecular flexibility index (Phi) is 4.35. The normalized spacial score (nSPS) is 22.8. The van der Waals surface area contributed by atoms with Gasteiger partial charge in [-0.15, -0.1) is 0 Å². The number of ether oxygens (including phenoxy) is 1. The van der Waals surface area contributed by atoms with Gasteiger partial charge in [0.05, 0.1) is 5.69 Å². The largest absolute Gasteiger partial charge is 0.357 e. The van der Waals surface area contributed by atoms with Crippen molar-refractivity contribution < 1.29 is 14.5 Å². The average Bonchev–Trinajstić information content (AvgIpc) is 2.62. The van der Waals surface area contributed by atoms with Crippen molar-refractivity contribution >= 4 is 27.2 Å². The minimum Gasteiger partial charge on any atom is -0.357 e. The first kappa shape index (κ1) is 17.3. The fourth-order valence-electron chi connectivity index (χ4n) is 3.31. The van der Waals surface area contributed by atoms with E-state index in [4.69, 9.17) is 14.5 Å². The van der Waals surface area contributed by atoms with Gasteiger partial charge < -0.3 is 10.1 Å². The van der Waals surface area contributed by atoms with Crippen molar-refractivity contribution in [2.24, 2.45) is 5.92 Å². The molecule has 26 heavy (non-hydrogen) atoms. The molecule has 0 amide bonds. The highest BCUT2D eigenvalue weighted by Gasteiger charge is 2.41. The summed E-state index contributed by atoms with van der Waals surface area (Å²) in [5, 5.41) is 8.33. The molecule has 1 aliphatic rings. The predicted octanol–water partition coefficient (Wildman–Crippen LogP) is 5.47. The van der Waals surface area contributed by atoms with E-state index in [1.807, 2.05) is 13.8 Å². The Morgan fingerprint density at radius 3 is 2.08 bits per heavy atom. The third-order valence-corrected chi connectivity index (χ3v) is 4.85. The highest BCUT2D eigenvalue weighted by molar-refractivity contribution is 6.11. The van der Waals surface area contributed by atoms with Crippen LogP contribution in [0.25, 0.3) is 21.5 Å². The molecule has 0 spiro atoms. The van der Waals surface area contributed by atoms with Gasteiger partial charge in [0, 0.05) is 16.7 Å². The SMILES string of the molecule is CC(C)C1OOC(C)(C)C(Nc2c3ccccc3cc3ccccc23)O1. The third kappa shape index (κ3) is 3.05. The number of anilines is 1. The molecule has 4 heteroatoms. The van der Waals surface area contributed by atoms with Gasteiger partial charge in [-0.05, 0) is 30.7 Å². The molecule has 4 nitrogen and oxygen atoms in total. The molecule has 1 N–H and O–H groups in total. The quantitative estimate of drug-likeness (QED) is 0.502. The summed E-state index contributed by atoms with van der Waals surface area (Å²) in [7, 11) is 0. The molecule has 1 heterocycles. The lowest BCUT2D eigenvalue weighted by Gasteiger charge is -2.42. The molecule has 0 saturated carbocycles. The minimum absolute atomic E-state index is 0.194. The minimum atomic E-state index is -0.622. The van der Waals surface area contributed by atoms with E-state index in [0.717, 1.165) is 16.5 Å². The lowest BCUT2D eigenvalue weighted by Crippen LogP contribution is -2.54. The van der Waals surface area contributed by atoms with Crippen LogP contribution in [0.5, 0.6) is 0 Å². The summed E-state index contributed by atoms with van der Waals surface area (Å²) in [6.45, 7) is 8.04. The van der Waals surface area contributed by atoms with Crippen LogP contribution in [0.1, 0.15) is 27.7 Å². The molecule has 2 atom stereocenters. The van der Waals surface area contributed by atoms with Crippen molar-refractivity contribution in [3.63, 3.8) is 0 Å². The zero-order valence-corrected chi connectivity index (χ0v) is 15.7. The van der Waals surface area contributed by atoms with Gasteiger partial charge in [-0.25, -0.2) is 9.78 Å². The van der Waals surface area contributed by atoms with E-state index in [0.29, 0.717) is 0 Å². The Labute approximate surface area is 154 Å². The number of fused-ring (bicyclic) bond motifs is 2. The predicted molar refractivity (Wildman–Crippen MR) is 105 cm³/mol. The van der Waals surface area contributed by atoms with Gasteiger partial charge in [0.25, 0.3) is 0 Å². The molecule has 1 aliphatic heterocycles. The highest BCUT2D eigenvalue weighted by atomic mass is 17.2. The Balaban J connectivity index is 1.82. The average molecular weight is 351 g/mol. The summed E-state index contributed by atoms with van der Waals surface area (Å²) >= 11 is 0. The Morgan fingerprint density at radius 1 is 0.923 bits per heavy atom. The van der Waals surface area contributed by atoms with Gasteiger partial charge in [0.2, 0.25) is 0 Å². The van der Waals surface area contributed by atoms with Crippen LogP contribution in [0.2, 0.25) is 0 Å². The second-order valence-electron chi connectivity index (χ2n) is 7.75. The van der Waals surface area contributed by atoms with E-state index >= 15 is 0 Å². The number of benzene rings is 3. The molecular formula is C22H25NO3. The summed E-state index contributed by atoms with van der Waals surface area (Å²) in [6.07, 6.45) is -0.736. The molecule has 1 saturated heterocycles. The molecular weight excluding hydrogens is 326 g/mol. The summed E-state index contributed by atoms with van der Waals surface area (Å²) in [5.41, 5.74) is 0.438. The summed E-state index contributed by atoms with van der Waals surface area (Å²) in [4.78, 5) is 11.1. The number of hydrogen-bond donors (Lipinski definition) is 1. The maximum absolute atomic E-state index is 6.21. The third-order valence-electron chi connectivity index (χ3n) is 4.85. The van der Waals surface area contributed by atoms with Gasteiger partial charge in [-0.3, -0.25) is 0 Å². The van der Waals surface area contributed by atoms with E-state index in [9.17, 15) is 0 Å². The molecule has 136 valence electrons. The van der Waals surface area contributed by atoms with Crippen LogP contribution in [0, 0.1) is 5.92 Å². The Bertz CT molecular complexity index is 881. The number of hydrogen-bond acceptors (Lipinski definition) is 4. The summed E-state index contributed by atoms with van der Waals surface area (Å²) in [6, 6.07) is 19.0. The zero-order valence-electron chi connectivity index (χ0n) is 15.7. The maximum atomic E-state index is 6.21. The lowest BCUT2D eigenvalue weighted by atomic mass is 9.99. The van der Waals surface area contributed by atoms with Gasteiger partial charge in [-0.2, -0.15) is 0 Å². The summed E-state index contributed by atoms with van der Waals surface area (Å²) in [5.74, 6) is 0.194. The second kappa shape index (κ2) is 6.54. The maximum Gasteiger partial charge on any atom is 0.196 e. The lowest BCUT2D eigenvalue weighted by molar-refractivity contribution is -0.485. The standard InChI is InChI=1S/C22H25NO3/c1-14(2)20-24-21(22(3,4)26-25-20)23-19-17-11-7-5-9-15(17)13-16-10-6-8-12-18(16)19/h5-14,20-21,23H,1-4H3. The van der Waals surface area contributed by atoms with Crippen LogP contribution in [0.3, 0.4) is 0 Å². The highest BCUT2D eigenvalue weighted by Crippen LogP contribution is 2.36. The van der Waals surface area contributed by atoms with E-state index in [-0.39, 0.29) is 12.1 Å². The molecule has 3 aromatic rings. The summed E-state index contributed by atoms with van der Waals surface area (Å²) < 4.78 is 6.21. The first-order chi connectivity index (χ1) is 12.5. The van der Waals surface area contributed by atoms with Crippen molar-refractivity contribution in [3.8, 4) is 0 Å². The molecule has 0 aromatic heterocycles. The van der Waals surface area contributed by atoms with Crippen molar-refractivity contribution in [2.75, 3.05) is 5.32 Å². The smallest absolute Gasteiger partial charge is 0.196 e. The first-order valence-corrected chi connectivity index (χ1v) is 9.13. The van der Waals surface area contributed by atoms with Crippen LogP contribution in [-0.2, 0) is 14.5 Å². The molecule has 3 aromatic carbocycles. The van der Waals surface area contributed by atoms with Crippen molar-refractivity contribution in [1.29, 1.82) is 0 Å². The van der Waals surface area contributed by atoms with Crippen molar-refractivity contribution in [3.05, 3.63) is 54.6 Å². The first-order valence-electron chi connectivity index (χ1n) is 9.13. The molecule has 2 unspecified atom stereocenters. The van der Waals surface area contributed by atoms with E-state index in [1.54, 1.807) is 0 Å². The zero-order chi connectivity index (χ0) is 18.3.